The molecule has 2 bridgehead atoms. The number of hydrogen-bond donors (Lipinski definition) is 2. The first kappa shape index (κ1) is 16.8. The van der Waals surface area contributed by atoms with E-state index in [4.69, 9.17) is 0 Å². The van der Waals surface area contributed by atoms with E-state index in [0.717, 1.165) is 17.3 Å². The fourth-order valence-corrected chi connectivity index (χ4v) is 3.76. The lowest BCUT2D eigenvalue weighted by atomic mass is 9.84. The first-order valence-electron chi connectivity index (χ1n) is 8.95. The molecule has 4 nitrogen and oxygen atoms in total. The predicted octanol–water partition coefficient (Wildman–Crippen LogP) is 3.40. The second-order valence-corrected chi connectivity index (χ2v) is 6.46. The zero-order chi connectivity index (χ0) is 17.1. The minimum atomic E-state index is -0.0102. The van der Waals surface area contributed by atoms with Crippen LogP contribution in [-0.2, 0) is 0 Å². The Hall–Kier alpha value is -2.07. The number of carbonyl (C=O) groups is 1. The van der Waals surface area contributed by atoms with Gasteiger partial charge in [-0.15, -0.1) is 0 Å². The number of nitrogens with one attached hydrogen (secondary N) is 1. The highest BCUT2D eigenvalue weighted by Crippen LogP contribution is 2.28. The fraction of sp³-hybridized carbons (Fsp3) is 0.450. The molecule has 128 valence electrons. The average Bonchev–Trinajstić information content (AvgIpc) is 2.63. The molecule has 1 unspecified atom stereocenters. The molecule has 3 aliphatic heterocycles. The molecule has 2 N–H and O–H groups in total. The monoisotopic (exact) mass is 326 g/mol. The van der Waals surface area contributed by atoms with Crippen LogP contribution in [0.25, 0.3) is 10.8 Å². The van der Waals surface area contributed by atoms with Gasteiger partial charge in [0.15, 0.2) is 0 Å². The zero-order valence-corrected chi connectivity index (χ0v) is 14.5. The van der Waals surface area contributed by atoms with Crippen LogP contribution in [0, 0.1) is 5.92 Å². The Kier molecular flexibility index (Phi) is 5.05. The second-order valence-electron chi connectivity index (χ2n) is 6.46. The van der Waals surface area contributed by atoms with E-state index in [2.05, 4.69) is 10.2 Å². The predicted molar refractivity (Wildman–Crippen MR) is 97.4 cm³/mol. The molecule has 3 fully saturated rings. The van der Waals surface area contributed by atoms with Crippen LogP contribution in [0.15, 0.2) is 36.4 Å². The Bertz CT molecular complexity index is 721. The molecule has 2 aromatic rings. The van der Waals surface area contributed by atoms with Crippen molar-refractivity contribution in [2.45, 2.75) is 32.7 Å². The van der Waals surface area contributed by atoms with Gasteiger partial charge in [-0.2, -0.15) is 0 Å². The standard InChI is InChI=1S/C18H20N2O2.C2H6/c21-16-4-3-12-1-2-14(9-15(12)10-16)18(22)19-17-11-20-7-5-13(17)6-8-20;1-2/h1-4,9-10,13,17,21H,5-8,11H2,(H,19,22);1-2H3. The molecule has 0 aromatic heterocycles. The van der Waals surface area contributed by atoms with Gasteiger partial charge in [-0.25, -0.2) is 0 Å². The average molecular weight is 326 g/mol. The maximum absolute atomic E-state index is 12.5. The number of nitrogens with zero attached hydrogens (tertiary/aromatic N) is 1. The van der Waals surface area contributed by atoms with Crippen molar-refractivity contribution in [1.29, 1.82) is 0 Å². The van der Waals surface area contributed by atoms with Crippen LogP contribution in [0.4, 0.5) is 0 Å². The molecule has 0 spiro atoms. The Morgan fingerprint density at radius 2 is 1.79 bits per heavy atom. The highest BCUT2D eigenvalue weighted by Gasteiger charge is 2.34. The highest BCUT2D eigenvalue weighted by molar-refractivity contribution is 5.99. The van der Waals surface area contributed by atoms with E-state index in [9.17, 15) is 9.90 Å². The molecular formula is C20H26N2O2. The molecule has 1 atom stereocenters. The molecule has 0 aliphatic carbocycles. The number of phenols is 1. The van der Waals surface area contributed by atoms with Gasteiger partial charge >= 0.3 is 0 Å². The van der Waals surface area contributed by atoms with Gasteiger partial charge in [0.2, 0.25) is 0 Å². The van der Waals surface area contributed by atoms with Crippen LogP contribution in [0.5, 0.6) is 5.75 Å². The van der Waals surface area contributed by atoms with Gasteiger partial charge in [-0.3, -0.25) is 4.79 Å². The van der Waals surface area contributed by atoms with Crippen molar-refractivity contribution in [3.8, 4) is 5.75 Å². The maximum atomic E-state index is 12.5. The smallest absolute Gasteiger partial charge is 0.251 e. The summed E-state index contributed by atoms with van der Waals surface area (Å²) in [7, 11) is 0. The molecule has 24 heavy (non-hydrogen) atoms. The third-order valence-corrected chi connectivity index (χ3v) is 5.06. The van der Waals surface area contributed by atoms with Crippen molar-refractivity contribution in [1.82, 2.24) is 10.2 Å². The molecule has 5 rings (SSSR count). The Morgan fingerprint density at radius 1 is 1.08 bits per heavy atom. The van der Waals surface area contributed by atoms with Gasteiger partial charge < -0.3 is 15.3 Å². The van der Waals surface area contributed by atoms with Crippen molar-refractivity contribution in [3.05, 3.63) is 42.0 Å². The van der Waals surface area contributed by atoms with Crippen molar-refractivity contribution in [2.75, 3.05) is 19.6 Å². The van der Waals surface area contributed by atoms with Crippen molar-refractivity contribution < 1.29 is 9.90 Å². The number of benzene rings is 2. The third-order valence-electron chi connectivity index (χ3n) is 5.06. The number of rotatable bonds is 2. The van der Waals surface area contributed by atoms with Crippen molar-refractivity contribution in [3.63, 3.8) is 0 Å². The molecule has 3 aliphatic rings. The maximum Gasteiger partial charge on any atom is 0.251 e. The summed E-state index contributed by atoms with van der Waals surface area (Å²) in [6.45, 7) is 7.32. The summed E-state index contributed by atoms with van der Waals surface area (Å²) in [5.41, 5.74) is 0.662. The molecular weight excluding hydrogens is 300 g/mol. The molecule has 2 aromatic carbocycles. The number of phenolic OH excluding ortho intramolecular Hbond substituents is 1. The summed E-state index contributed by atoms with van der Waals surface area (Å²) in [6, 6.07) is 11.1. The summed E-state index contributed by atoms with van der Waals surface area (Å²) in [5, 5.41) is 14.7. The topological polar surface area (TPSA) is 52.6 Å². The third kappa shape index (κ3) is 3.39. The summed E-state index contributed by atoms with van der Waals surface area (Å²) in [6.07, 6.45) is 2.38. The largest absolute Gasteiger partial charge is 0.508 e. The summed E-state index contributed by atoms with van der Waals surface area (Å²) < 4.78 is 0. The Labute approximate surface area is 143 Å². The van der Waals surface area contributed by atoms with E-state index in [0.29, 0.717) is 11.5 Å². The van der Waals surface area contributed by atoms with E-state index in [1.54, 1.807) is 12.1 Å². The van der Waals surface area contributed by atoms with Crippen molar-refractivity contribution in [2.24, 2.45) is 5.92 Å². The zero-order valence-electron chi connectivity index (χ0n) is 14.5. The van der Waals surface area contributed by atoms with Crippen LogP contribution in [0.1, 0.15) is 37.0 Å². The lowest BCUT2D eigenvalue weighted by Gasteiger charge is -2.44. The van der Waals surface area contributed by atoms with E-state index in [1.807, 2.05) is 38.1 Å². The minimum absolute atomic E-state index is 0.0102. The Balaban J connectivity index is 0.000000815. The summed E-state index contributed by atoms with van der Waals surface area (Å²) >= 11 is 0. The molecule has 4 heteroatoms. The van der Waals surface area contributed by atoms with E-state index in [-0.39, 0.29) is 17.7 Å². The van der Waals surface area contributed by atoms with Gasteiger partial charge in [-0.1, -0.05) is 26.0 Å². The van der Waals surface area contributed by atoms with Crippen LogP contribution in [0.2, 0.25) is 0 Å². The van der Waals surface area contributed by atoms with E-state index < -0.39 is 0 Å². The van der Waals surface area contributed by atoms with Crippen LogP contribution in [0.3, 0.4) is 0 Å². The molecule has 3 heterocycles. The molecule has 3 saturated heterocycles. The molecule has 1 amide bonds. The minimum Gasteiger partial charge on any atom is -0.508 e. The van der Waals surface area contributed by atoms with E-state index >= 15 is 0 Å². The summed E-state index contributed by atoms with van der Waals surface area (Å²) in [4.78, 5) is 15.0. The number of amides is 1. The number of aromatic hydroxyl groups is 1. The summed E-state index contributed by atoms with van der Waals surface area (Å²) in [5.74, 6) is 0.838. The number of fused-ring (bicyclic) bond motifs is 4. The van der Waals surface area contributed by atoms with Crippen LogP contribution in [-0.4, -0.2) is 41.6 Å². The highest BCUT2D eigenvalue weighted by atomic mass is 16.3. The second kappa shape index (κ2) is 7.22. The fourth-order valence-electron chi connectivity index (χ4n) is 3.76. The lowest BCUT2D eigenvalue weighted by Crippen LogP contribution is -2.57. The number of piperidine rings is 3. The first-order valence-corrected chi connectivity index (χ1v) is 8.95. The lowest BCUT2D eigenvalue weighted by molar-refractivity contribution is 0.0620. The Morgan fingerprint density at radius 3 is 2.46 bits per heavy atom. The molecule has 0 saturated carbocycles. The van der Waals surface area contributed by atoms with E-state index in [1.165, 1.54) is 25.9 Å². The van der Waals surface area contributed by atoms with Gasteiger partial charge in [0.25, 0.3) is 5.91 Å². The van der Waals surface area contributed by atoms with Gasteiger partial charge in [0, 0.05) is 18.2 Å². The van der Waals surface area contributed by atoms with Crippen molar-refractivity contribution >= 4 is 16.7 Å². The van der Waals surface area contributed by atoms with Crippen LogP contribution >= 0.6 is 0 Å². The molecule has 0 radical (unpaired) electrons. The van der Waals surface area contributed by atoms with Gasteiger partial charge in [0.05, 0.1) is 0 Å². The quantitative estimate of drug-likeness (QED) is 0.889. The number of carbonyl (C=O) groups excluding carboxylic acids is 1. The first-order chi connectivity index (χ1) is 11.7. The van der Waals surface area contributed by atoms with Crippen LogP contribution < -0.4 is 5.32 Å². The SMILES string of the molecule is CC.O=C(NC1CN2CCC1CC2)c1ccc2ccc(O)cc2c1. The van der Waals surface area contributed by atoms with Gasteiger partial charge in [0.1, 0.15) is 5.75 Å². The normalized spacial score (nSPS) is 25.0. The number of hydrogen-bond acceptors (Lipinski definition) is 3. The van der Waals surface area contributed by atoms with Gasteiger partial charge in [-0.05, 0) is 66.9 Å².